The van der Waals surface area contributed by atoms with Crippen LogP contribution in [0, 0.1) is 24.1 Å². The summed E-state index contributed by atoms with van der Waals surface area (Å²) in [5.41, 5.74) is -1.43. The van der Waals surface area contributed by atoms with E-state index in [0.29, 0.717) is 64.5 Å². The molecule has 1 aliphatic heterocycles. The van der Waals surface area contributed by atoms with Crippen LogP contribution in [0.25, 0.3) is 21.6 Å². The Morgan fingerprint density at radius 2 is 1.75 bits per heavy atom. The Morgan fingerprint density at radius 1 is 1.05 bits per heavy atom. The molecule has 3 aliphatic rings. The van der Waals surface area contributed by atoms with Gasteiger partial charge in [-0.3, -0.25) is 19.1 Å². The van der Waals surface area contributed by atoms with E-state index in [0.717, 1.165) is 17.3 Å². The SMILES string of the molecule is C.CC[C@@H]1C[C@]1(NC(=O)[C@@H]1C[C@@H](Oc2cc(-c3nc(C(C)C)cs3)nc3c(C)c(OC)ccc23)CN1C(=O)[C@@H](Nc1cc(F)cc(C(F)(F)F)c1)C(C)(C)C)C(=O)NS(=O)(=O)C1CC1. The molecule has 3 fully saturated rings. The number of fused-ring (bicyclic) bond motifs is 1. The molecule has 3 heterocycles. The molecule has 7 rings (SSSR count). The number of alkyl halides is 3. The lowest BCUT2D eigenvalue weighted by Gasteiger charge is -2.36. The minimum atomic E-state index is -4.88. The summed E-state index contributed by atoms with van der Waals surface area (Å²) in [6, 6.07) is 4.63. The number of carbonyl (C=O) groups excluding carboxylic acids is 3. The first-order valence-electron chi connectivity index (χ1n) is 20.9. The number of hydrogen-bond donors (Lipinski definition) is 3. The van der Waals surface area contributed by atoms with Crippen molar-refractivity contribution in [3.8, 4) is 22.2 Å². The molecule has 0 bridgehead atoms. The number of carbonyl (C=O) groups is 3. The Hall–Kier alpha value is -5.04. The van der Waals surface area contributed by atoms with Crippen LogP contribution in [0.2, 0.25) is 0 Å². The molecule has 5 atom stereocenters. The topological polar surface area (TPSA) is 169 Å². The summed E-state index contributed by atoms with van der Waals surface area (Å²) >= 11 is 1.42. The van der Waals surface area contributed by atoms with Crippen LogP contribution in [0.1, 0.15) is 104 Å². The summed E-state index contributed by atoms with van der Waals surface area (Å²) in [5.74, 6) is -2.74. The maximum absolute atomic E-state index is 14.9. The molecule has 2 aromatic heterocycles. The van der Waals surface area contributed by atoms with Gasteiger partial charge in [-0.2, -0.15) is 13.2 Å². The maximum Gasteiger partial charge on any atom is 0.416 e. The fourth-order valence-corrected chi connectivity index (χ4v) is 10.4. The quantitative estimate of drug-likeness (QED) is 0.105. The largest absolute Gasteiger partial charge is 0.496 e. The highest BCUT2D eigenvalue weighted by Gasteiger charge is 2.62. The highest BCUT2D eigenvalue weighted by Crippen LogP contribution is 2.47. The molecular weight excluding hydrogens is 877 g/mol. The number of anilines is 1. The number of nitrogens with zero attached hydrogens (tertiary/aromatic N) is 3. The molecule has 2 aromatic carbocycles. The van der Waals surface area contributed by atoms with Gasteiger partial charge in [-0.15, -0.1) is 11.3 Å². The minimum Gasteiger partial charge on any atom is -0.496 e. The van der Waals surface area contributed by atoms with Gasteiger partial charge in [-0.25, -0.2) is 22.8 Å². The third-order valence-corrected chi connectivity index (χ3v) is 14.7. The fraction of sp³-hybridized carbons (Fsp3) is 0.533. The number of halogens is 4. The normalized spacial score (nSPS) is 21.6. The third kappa shape index (κ3) is 9.79. The lowest BCUT2D eigenvalue weighted by molar-refractivity contribution is -0.141. The second-order valence-electron chi connectivity index (χ2n) is 18.1. The van der Waals surface area contributed by atoms with Gasteiger partial charge in [0.1, 0.15) is 51.7 Å². The van der Waals surface area contributed by atoms with E-state index in [4.69, 9.17) is 19.4 Å². The Balaban J connectivity index is 0.00000680. The van der Waals surface area contributed by atoms with Gasteiger partial charge >= 0.3 is 6.18 Å². The van der Waals surface area contributed by atoms with Gasteiger partial charge in [0.15, 0.2) is 0 Å². The van der Waals surface area contributed by atoms with Gasteiger partial charge in [0.05, 0.1) is 35.7 Å². The number of aromatic nitrogens is 2. The molecule has 348 valence electrons. The molecule has 64 heavy (non-hydrogen) atoms. The van der Waals surface area contributed by atoms with Crippen molar-refractivity contribution in [2.45, 2.75) is 129 Å². The predicted molar refractivity (Wildman–Crippen MR) is 237 cm³/mol. The van der Waals surface area contributed by atoms with Crippen molar-refractivity contribution >= 4 is 55.7 Å². The summed E-state index contributed by atoms with van der Waals surface area (Å²) < 4.78 is 96.2. The second-order valence-corrected chi connectivity index (χ2v) is 20.9. The van der Waals surface area contributed by atoms with Crippen molar-refractivity contribution in [1.29, 1.82) is 0 Å². The second kappa shape index (κ2) is 17.7. The molecule has 13 nitrogen and oxygen atoms in total. The number of sulfonamides is 1. The Labute approximate surface area is 375 Å². The molecule has 2 saturated carbocycles. The molecule has 1 saturated heterocycles. The number of likely N-dealkylation sites (tertiary alicyclic amines) is 1. The van der Waals surface area contributed by atoms with E-state index in [2.05, 4.69) is 15.4 Å². The van der Waals surface area contributed by atoms with E-state index in [1.807, 2.05) is 33.1 Å². The van der Waals surface area contributed by atoms with Crippen LogP contribution >= 0.6 is 11.3 Å². The molecular formula is C45H56F4N6O7S2. The van der Waals surface area contributed by atoms with E-state index in [1.54, 1.807) is 46.1 Å². The monoisotopic (exact) mass is 932 g/mol. The average molecular weight is 933 g/mol. The van der Waals surface area contributed by atoms with Crippen LogP contribution in [0.3, 0.4) is 0 Å². The highest BCUT2D eigenvalue weighted by molar-refractivity contribution is 7.91. The van der Waals surface area contributed by atoms with Crippen molar-refractivity contribution in [2.24, 2.45) is 11.3 Å². The molecule has 0 spiro atoms. The number of ether oxygens (including phenoxy) is 2. The van der Waals surface area contributed by atoms with Crippen molar-refractivity contribution in [3.63, 3.8) is 0 Å². The minimum absolute atomic E-state index is 0. The summed E-state index contributed by atoms with van der Waals surface area (Å²) in [6.07, 6.45) is -4.39. The van der Waals surface area contributed by atoms with Gasteiger partial charge in [-0.05, 0) is 73.8 Å². The summed E-state index contributed by atoms with van der Waals surface area (Å²) in [7, 11) is -2.42. The fourth-order valence-electron chi connectivity index (χ4n) is 8.14. The first-order valence-corrected chi connectivity index (χ1v) is 23.3. The van der Waals surface area contributed by atoms with Crippen LogP contribution in [-0.2, 0) is 30.6 Å². The molecule has 3 N–H and O–H groups in total. The summed E-state index contributed by atoms with van der Waals surface area (Å²) in [5, 5.41) is 8.17. The van der Waals surface area contributed by atoms with Crippen LogP contribution in [-0.4, -0.2) is 83.6 Å². The number of methoxy groups -OCH3 is 1. The highest BCUT2D eigenvalue weighted by atomic mass is 32.2. The van der Waals surface area contributed by atoms with Crippen LogP contribution in [0.5, 0.6) is 11.5 Å². The lowest BCUT2D eigenvalue weighted by Crippen LogP contribution is -2.58. The average Bonchev–Trinajstić information content (AvgIpc) is 4.08. The molecule has 4 aromatic rings. The maximum atomic E-state index is 14.9. The van der Waals surface area contributed by atoms with E-state index in [-0.39, 0.29) is 38.4 Å². The number of hydrogen-bond acceptors (Lipinski definition) is 11. The van der Waals surface area contributed by atoms with Crippen molar-refractivity contribution in [2.75, 3.05) is 19.0 Å². The Morgan fingerprint density at radius 3 is 2.33 bits per heavy atom. The lowest BCUT2D eigenvalue weighted by atomic mass is 9.85. The number of aryl methyl sites for hydroxylation is 1. The smallest absolute Gasteiger partial charge is 0.416 e. The number of thiazole rings is 1. The van der Waals surface area contributed by atoms with Gasteiger partial charge in [-0.1, -0.05) is 55.4 Å². The van der Waals surface area contributed by atoms with E-state index >= 15 is 0 Å². The summed E-state index contributed by atoms with van der Waals surface area (Å²) in [4.78, 5) is 54.3. The van der Waals surface area contributed by atoms with Crippen molar-refractivity contribution in [1.82, 2.24) is 24.9 Å². The number of amides is 3. The van der Waals surface area contributed by atoms with E-state index in [9.17, 15) is 40.4 Å². The zero-order valence-corrected chi connectivity index (χ0v) is 37.9. The predicted octanol–water partition coefficient (Wildman–Crippen LogP) is 8.36. The standard InChI is InChI=1S/C44H52F4N6O7S2.CH4/c1-9-24-19-43(24,41(57)53-63(58,59)29-10-11-29)52-38(55)33-17-28(20-54(33)40(56)37(42(5,6)7)49-27-15-25(44(46,47)48)14-26(45)16-27)61-35-18-31(39-51-32(21-62-39)22(2)3)50-36-23(4)34(60-8)13-12-30(35)36;/h12-16,18,21-22,24,28-29,33,37,49H,9-11,17,19-20H2,1-8H3,(H,52,55)(H,53,57);1H4/t24-,28-,33+,37-,43-;/m1./s1. The van der Waals surface area contributed by atoms with Crippen molar-refractivity contribution < 1.29 is 49.8 Å². The first-order chi connectivity index (χ1) is 29.4. The molecule has 2 aliphatic carbocycles. The van der Waals surface area contributed by atoms with Gasteiger partial charge in [0.25, 0.3) is 5.91 Å². The van der Waals surface area contributed by atoms with Crippen LogP contribution in [0.15, 0.2) is 41.8 Å². The zero-order chi connectivity index (χ0) is 46.0. The Bertz CT molecular complexity index is 2560. The Kier molecular flexibility index (Phi) is 13.4. The van der Waals surface area contributed by atoms with Gasteiger partial charge < -0.3 is 25.0 Å². The number of benzene rings is 2. The van der Waals surface area contributed by atoms with Crippen LogP contribution in [0.4, 0.5) is 23.2 Å². The molecule has 19 heteroatoms. The first kappa shape index (κ1) is 48.4. The number of nitrogens with one attached hydrogen (secondary N) is 3. The summed E-state index contributed by atoms with van der Waals surface area (Å²) in [6.45, 7) is 12.6. The van der Waals surface area contributed by atoms with Gasteiger partial charge in [0, 0.05) is 34.5 Å². The molecule has 0 radical (unpaired) electrons. The molecule has 0 unspecified atom stereocenters. The number of rotatable bonds is 14. The van der Waals surface area contributed by atoms with E-state index in [1.165, 1.54) is 16.2 Å². The van der Waals surface area contributed by atoms with Crippen LogP contribution < -0.4 is 24.8 Å². The van der Waals surface area contributed by atoms with Crippen molar-refractivity contribution in [3.05, 3.63) is 64.4 Å². The van der Waals surface area contributed by atoms with E-state index < -0.39 is 85.6 Å². The number of pyridine rings is 1. The van der Waals surface area contributed by atoms with Gasteiger partial charge in [0.2, 0.25) is 21.8 Å². The molecule has 3 amide bonds. The third-order valence-electron chi connectivity index (χ3n) is 12.0. The zero-order valence-electron chi connectivity index (χ0n) is 36.3.